The molecule has 0 radical (unpaired) electrons. The molecule has 26 heavy (non-hydrogen) atoms. The SMILES string of the molecule is Cc1ccc(C(=O)N2CCN(c3cc(O)c([N+](=O)[O-])cc3F)CC2)cc1. The van der Waals surface area contributed by atoms with Gasteiger partial charge in [0, 0.05) is 37.8 Å². The zero-order valence-electron chi connectivity index (χ0n) is 14.2. The second-order valence-corrected chi connectivity index (χ2v) is 6.19. The number of aromatic hydroxyl groups is 1. The highest BCUT2D eigenvalue weighted by atomic mass is 19.1. The maximum Gasteiger partial charge on any atom is 0.313 e. The van der Waals surface area contributed by atoms with Gasteiger partial charge in [0.15, 0.2) is 11.6 Å². The monoisotopic (exact) mass is 359 g/mol. The van der Waals surface area contributed by atoms with Crippen LogP contribution in [0.25, 0.3) is 0 Å². The van der Waals surface area contributed by atoms with Gasteiger partial charge in [-0.15, -0.1) is 0 Å². The molecule has 1 fully saturated rings. The summed E-state index contributed by atoms with van der Waals surface area (Å²) in [5.74, 6) is -1.44. The molecule has 0 saturated carbocycles. The van der Waals surface area contributed by atoms with Crippen LogP contribution in [-0.4, -0.2) is 47.0 Å². The number of nitro groups is 1. The van der Waals surface area contributed by atoms with Crippen LogP contribution in [0.3, 0.4) is 0 Å². The van der Waals surface area contributed by atoms with Crippen LogP contribution < -0.4 is 4.90 Å². The van der Waals surface area contributed by atoms with Crippen molar-refractivity contribution in [2.24, 2.45) is 0 Å². The van der Waals surface area contributed by atoms with Crippen molar-refractivity contribution in [3.05, 3.63) is 63.5 Å². The number of nitrogens with zero attached hydrogens (tertiary/aromatic N) is 3. The molecule has 1 aliphatic heterocycles. The molecule has 2 aromatic carbocycles. The number of hydrogen-bond acceptors (Lipinski definition) is 5. The van der Waals surface area contributed by atoms with Gasteiger partial charge in [-0.25, -0.2) is 4.39 Å². The first kappa shape index (κ1) is 17.7. The fourth-order valence-electron chi connectivity index (χ4n) is 2.96. The molecule has 1 saturated heterocycles. The Morgan fingerprint density at radius 1 is 1.15 bits per heavy atom. The molecule has 1 amide bonds. The van der Waals surface area contributed by atoms with Crippen molar-refractivity contribution in [1.82, 2.24) is 4.90 Å². The minimum atomic E-state index is -0.833. The summed E-state index contributed by atoms with van der Waals surface area (Å²) >= 11 is 0. The molecule has 1 N–H and O–H groups in total. The Morgan fingerprint density at radius 2 is 1.77 bits per heavy atom. The van der Waals surface area contributed by atoms with Crippen molar-refractivity contribution in [2.45, 2.75) is 6.92 Å². The highest BCUT2D eigenvalue weighted by Gasteiger charge is 2.26. The lowest BCUT2D eigenvalue weighted by atomic mass is 10.1. The van der Waals surface area contributed by atoms with E-state index >= 15 is 0 Å². The number of aryl methyl sites for hydroxylation is 1. The van der Waals surface area contributed by atoms with Gasteiger partial charge < -0.3 is 14.9 Å². The number of benzene rings is 2. The number of hydrogen-bond donors (Lipinski definition) is 1. The standard InChI is InChI=1S/C18H18FN3O4/c1-12-2-4-13(5-3-12)18(24)21-8-6-20(7-9-21)15-11-17(23)16(22(25)26)10-14(15)19/h2-5,10-11,23H,6-9H2,1H3. The van der Waals surface area contributed by atoms with E-state index in [9.17, 15) is 24.4 Å². The maximum atomic E-state index is 14.2. The largest absolute Gasteiger partial charge is 0.502 e. The Morgan fingerprint density at radius 3 is 2.35 bits per heavy atom. The van der Waals surface area contributed by atoms with Gasteiger partial charge in [0.25, 0.3) is 5.91 Å². The lowest BCUT2D eigenvalue weighted by molar-refractivity contribution is -0.386. The third kappa shape index (κ3) is 3.44. The average Bonchev–Trinajstić information content (AvgIpc) is 2.63. The van der Waals surface area contributed by atoms with E-state index in [-0.39, 0.29) is 11.6 Å². The molecular weight excluding hydrogens is 341 g/mol. The molecule has 0 bridgehead atoms. The van der Waals surface area contributed by atoms with Gasteiger partial charge >= 0.3 is 5.69 Å². The normalized spacial score (nSPS) is 14.4. The van der Waals surface area contributed by atoms with Crippen LogP contribution >= 0.6 is 0 Å². The van der Waals surface area contributed by atoms with Crippen molar-refractivity contribution in [3.63, 3.8) is 0 Å². The van der Waals surface area contributed by atoms with E-state index in [1.165, 1.54) is 0 Å². The Balaban J connectivity index is 1.70. The van der Waals surface area contributed by atoms with Crippen LogP contribution in [0, 0.1) is 22.9 Å². The number of carbonyl (C=O) groups is 1. The van der Waals surface area contributed by atoms with Gasteiger partial charge in [-0.05, 0) is 19.1 Å². The maximum absolute atomic E-state index is 14.2. The summed E-state index contributed by atoms with van der Waals surface area (Å²) < 4.78 is 14.2. The van der Waals surface area contributed by atoms with Gasteiger partial charge in [-0.3, -0.25) is 14.9 Å². The van der Waals surface area contributed by atoms with Crippen LogP contribution in [-0.2, 0) is 0 Å². The molecule has 0 aliphatic carbocycles. The summed E-state index contributed by atoms with van der Waals surface area (Å²) in [7, 11) is 0. The fraction of sp³-hybridized carbons (Fsp3) is 0.278. The highest BCUT2D eigenvalue weighted by Crippen LogP contribution is 2.33. The molecule has 0 unspecified atom stereocenters. The summed E-state index contributed by atoms with van der Waals surface area (Å²) in [5.41, 5.74) is 1.10. The Labute approximate surface area is 149 Å². The van der Waals surface area contributed by atoms with Gasteiger partial charge in [0.1, 0.15) is 0 Å². The number of phenolic OH excluding ortho intramolecular Hbond substituents is 1. The van der Waals surface area contributed by atoms with Crippen molar-refractivity contribution in [3.8, 4) is 5.75 Å². The van der Waals surface area contributed by atoms with Gasteiger partial charge in [0.05, 0.1) is 16.7 Å². The number of amides is 1. The number of halogens is 1. The molecule has 136 valence electrons. The second-order valence-electron chi connectivity index (χ2n) is 6.19. The van der Waals surface area contributed by atoms with Crippen LogP contribution in [0.15, 0.2) is 36.4 Å². The first-order valence-corrected chi connectivity index (χ1v) is 8.14. The van der Waals surface area contributed by atoms with Crippen LogP contribution in [0.4, 0.5) is 15.8 Å². The third-order valence-corrected chi connectivity index (χ3v) is 4.45. The summed E-state index contributed by atoms with van der Waals surface area (Å²) in [4.78, 5) is 25.8. The van der Waals surface area contributed by atoms with E-state index in [2.05, 4.69) is 0 Å². The Kier molecular flexibility index (Phi) is 4.75. The van der Waals surface area contributed by atoms with E-state index in [0.717, 1.165) is 11.6 Å². The molecule has 2 aromatic rings. The van der Waals surface area contributed by atoms with Crippen molar-refractivity contribution in [2.75, 3.05) is 31.1 Å². The predicted molar refractivity (Wildman–Crippen MR) is 94.0 cm³/mol. The topological polar surface area (TPSA) is 86.9 Å². The smallest absolute Gasteiger partial charge is 0.313 e. The number of nitro benzene ring substituents is 1. The molecule has 8 heteroatoms. The summed E-state index contributed by atoms with van der Waals surface area (Å²) in [6.45, 7) is 3.46. The minimum Gasteiger partial charge on any atom is -0.502 e. The number of carbonyl (C=O) groups excluding carboxylic acids is 1. The van der Waals surface area contributed by atoms with Crippen LogP contribution in [0.5, 0.6) is 5.75 Å². The average molecular weight is 359 g/mol. The summed E-state index contributed by atoms with van der Waals surface area (Å²) in [6, 6.07) is 9.08. The third-order valence-electron chi connectivity index (χ3n) is 4.45. The molecule has 1 aliphatic rings. The zero-order chi connectivity index (χ0) is 18.8. The first-order valence-electron chi connectivity index (χ1n) is 8.14. The second kappa shape index (κ2) is 6.99. The van der Waals surface area contributed by atoms with Crippen molar-refractivity contribution in [1.29, 1.82) is 0 Å². The molecule has 3 rings (SSSR count). The molecule has 0 atom stereocenters. The van der Waals surface area contributed by atoms with Crippen LogP contribution in [0.1, 0.15) is 15.9 Å². The molecule has 0 aromatic heterocycles. The predicted octanol–water partition coefficient (Wildman–Crippen LogP) is 2.71. The first-order chi connectivity index (χ1) is 12.4. The van der Waals surface area contributed by atoms with Crippen LogP contribution in [0.2, 0.25) is 0 Å². The molecule has 0 spiro atoms. The van der Waals surface area contributed by atoms with Crippen molar-refractivity contribution >= 4 is 17.3 Å². The van der Waals surface area contributed by atoms with Gasteiger partial charge in [-0.2, -0.15) is 0 Å². The van der Waals surface area contributed by atoms with Gasteiger partial charge in [-0.1, -0.05) is 17.7 Å². The zero-order valence-corrected chi connectivity index (χ0v) is 14.2. The molecule has 7 nitrogen and oxygen atoms in total. The molecule has 1 heterocycles. The van der Waals surface area contributed by atoms with E-state index < -0.39 is 22.2 Å². The van der Waals surface area contributed by atoms with Crippen molar-refractivity contribution < 1.29 is 19.2 Å². The molecular formula is C18H18FN3O4. The Hall–Kier alpha value is -3.16. The Bertz CT molecular complexity index is 846. The van der Waals surface area contributed by atoms with E-state index in [0.29, 0.717) is 37.8 Å². The van der Waals surface area contributed by atoms with Gasteiger partial charge in [0.2, 0.25) is 0 Å². The lowest BCUT2D eigenvalue weighted by Gasteiger charge is -2.36. The van der Waals surface area contributed by atoms with E-state index in [1.54, 1.807) is 21.9 Å². The lowest BCUT2D eigenvalue weighted by Crippen LogP contribution is -2.49. The number of rotatable bonds is 3. The summed E-state index contributed by atoms with van der Waals surface area (Å²) in [6.07, 6.45) is 0. The van der Waals surface area contributed by atoms with E-state index in [1.807, 2.05) is 19.1 Å². The minimum absolute atomic E-state index is 0.0864. The number of piperazine rings is 1. The number of phenols is 1. The fourth-order valence-corrected chi connectivity index (χ4v) is 2.96. The highest BCUT2D eigenvalue weighted by molar-refractivity contribution is 5.94. The number of anilines is 1. The van der Waals surface area contributed by atoms with E-state index in [4.69, 9.17) is 0 Å². The quantitative estimate of drug-likeness (QED) is 0.673. The summed E-state index contributed by atoms with van der Waals surface area (Å²) in [5, 5.41) is 20.5.